The molecule has 1 aromatic carbocycles. The van der Waals surface area contributed by atoms with Crippen molar-refractivity contribution in [2.45, 2.75) is 13.0 Å². The second-order valence-corrected chi connectivity index (χ2v) is 3.81. The summed E-state index contributed by atoms with van der Waals surface area (Å²) >= 11 is 0. The molecule has 0 atom stereocenters. The molecule has 0 saturated heterocycles. The van der Waals surface area contributed by atoms with Crippen LogP contribution in [-0.2, 0) is 11.3 Å². The summed E-state index contributed by atoms with van der Waals surface area (Å²) in [6.07, 6.45) is -2.47. The van der Waals surface area contributed by atoms with E-state index in [9.17, 15) is 8.78 Å². The van der Waals surface area contributed by atoms with Crippen molar-refractivity contribution < 1.29 is 13.5 Å². The summed E-state index contributed by atoms with van der Waals surface area (Å²) in [5, 5.41) is 11.2. The van der Waals surface area contributed by atoms with Crippen LogP contribution >= 0.6 is 0 Å². The lowest BCUT2D eigenvalue weighted by atomic mass is 10.2. The molecule has 1 aromatic heterocycles. The van der Waals surface area contributed by atoms with Gasteiger partial charge in [-0.2, -0.15) is 0 Å². The highest BCUT2D eigenvalue weighted by Crippen LogP contribution is 2.17. The van der Waals surface area contributed by atoms with Crippen LogP contribution in [0, 0.1) is 0 Å². The number of hydrogen-bond donors (Lipinski definition) is 1. The third-order valence-electron chi connectivity index (χ3n) is 2.39. The molecule has 0 amide bonds. The summed E-state index contributed by atoms with van der Waals surface area (Å²) in [6, 6.07) is 7.05. The van der Waals surface area contributed by atoms with Gasteiger partial charge in [0, 0.05) is 11.3 Å². The van der Waals surface area contributed by atoms with Crippen molar-refractivity contribution in [3.8, 4) is 11.4 Å². The summed E-state index contributed by atoms with van der Waals surface area (Å²) in [6.45, 7) is -0.157. The molecule has 0 spiro atoms. The Hall–Kier alpha value is -2.09. The quantitative estimate of drug-likeness (QED) is 0.629. The average molecular weight is 269 g/mol. The van der Waals surface area contributed by atoms with Crippen LogP contribution in [0.4, 0.5) is 14.5 Å². The molecule has 0 bridgehead atoms. The van der Waals surface area contributed by atoms with Gasteiger partial charge in [0.2, 0.25) is 0 Å². The van der Waals surface area contributed by atoms with Gasteiger partial charge in [0.25, 0.3) is 6.43 Å². The Morgan fingerprint density at radius 2 is 2.00 bits per heavy atom. The van der Waals surface area contributed by atoms with Gasteiger partial charge in [0.15, 0.2) is 5.82 Å². The number of aromatic nitrogens is 4. The van der Waals surface area contributed by atoms with Gasteiger partial charge >= 0.3 is 0 Å². The Labute approximate surface area is 108 Å². The maximum absolute atomic E-state index is 11.9. The Bertz CT molecular complexity index is 514. The Morgan fingerprint density at radius 1 is 1.26 bits per heavy atom. The summed E-state index contributed by atoms with van der Waals surface area (Å²) in [5.41, 5.74) is 7.04. The molecule has 0 aliphatic carbocycles. The Morgan fingerprint density at radius 3 is 2.68 bits per heavy atom. The number of halogens is 2. The molecule has 2 N–H and O–H groups in total. The number of nitrogens with zero attached hydrogens (tertiary/aromatic N) is 4. The number of nitrogen functional groups attached to an aromatic ring is 1. The topological polar surface area (TPSA) is 78.9 Å². The molecule has 0 radical (unpaired) electrons. The maximum atomic E-state index is 11.9. The van der Waals surface area contributed by atoms with E-state index in [-0.39, 0.29) is 6.61 Å². The lowest BCUT2D eigenvalue weighted by Gasteiger charge is -2.06. The summed E-state index contributed by atoms with van der Waals surface area (Å²) in [4.78, 5) is 0. The molecule has 8 heteroatoms. The van der Waals surface area contributed by atoms with E-state index in [1.807, 2.05) is 0 Å². The fraction of sp³-hybridized carbons (Fsp3) is 0.364. The molecular weight excluding hydrogens is 256 g/mol. The van der Waals surface area contributed by atoms with Crippen molar-refractivity contribution in [3.63, 3.8) is 0 Å². The van der Waals surface area contributed by atoms with Crippen LogP contribution in [0.3, 0.4) is 0 Å². The summed E-state index contributed by atoms with van der Waals surface area (Å²) in [5.74, 6) is 0.542. The van der Waals surface area contributed by atoms with E-state index in [4.69, 9.17) is 10.5 Å². The lowest BCUT2D eigenvalue weighted by Crippen LogP contribution is -2.12. The van der Waals surface area contributed by atoms with Crippen LogP contribution in [-0.4, -0.2) is 39.8 Å². The first-order valence-corrected chi connectivity index (χ1v) is 5.65. The van der Waals surface area contributed by atoms with E-state index in [1.165, 1.54) is 4.68 Å². The van der Waals surface area contributed by atoms with Crippen LogP contribution < -0.4 is 5.73 Å². The fourth-order valence-electron chi connectivity index (χ4n) is 1.52. The monoisotopic (exact) mass is 269 g/mol. The third-order valence-corrected chi connectivity index (χ3v) is 2.39. The lowest BCUT2D eigenvalue weighted by molar-refractivity contribution is 0.0140. The highest BCUT2D eigenvalue weighted by molar-refractivity contribution is 5.58. The number of nitrogens with two attached hydrogens (primary N) is 1. The molecule has 1 heterocycles. The molecule has 2 rings (SSSR count). The average Bonchev–Trinajstić information content (AvgIpc) is 2.84. The minimum absolute atomic E-state index is 0.122. The predicted octanol–water partition coefficient (Wildman–Crippen LogP) is 1.20. The molecule has 6 nitrogen and oxygen atoms in total. The standard InChI is InChI=1S/C11H13F2N5O/c12-10(13)7-19-6-5-18-11(15-16-17-18)8-1-3-9(14)4-2-8/h1-4,10H,5-7,14H2. The zero-order valence-corrected chi connectivity index (χ0v) is 10.0. The first-order valence-electron chi connectivity index (χ1n) is 5.65. The zero-order valence-electron chi connectivity index (χ0n) is 10.0. The van der Waals surface area contributed by atoms with Gasteiger partial charge in [-0.3, -0.25) is 0 Å². The van der Waals surface area contributed by atoms with E-state index in [2.05, 4.69) is 15.5 Å². The molecule has 0 saturated carbocycles. The predicted molar refractivity (Wildman–Crippen MR) is 64.5 cm³/mol. The third kappa shape index (κ3) is 3.68. The van der Waals surface area contributed by atoms with Crippen LogP contribution in [0.15, 0.2) is 24.3 Å². The molecule has 102 valence electrons. The minimum atomic E-state index is -2.47. The fourth-order valence-corrected chi connectivity index (χ4v) is 1.52. The van der Waals surface area contributed by atoms with E-state index >= 15 is 0 Å². The molecule has 0 aliphatic rings. The van der Waals surface area contributed by atoms with Crippen LogP contribution in [0.1, 0.15) is 0 Å². The zero-order chi connectivity index (χ0) is 13.7. The highest BCUT2D eigenvalue weighted by Gasteiger charge is 2.09. The van der Waals surface area contributed by atoms with Crippen LogP contribution in [0.5, 0.6) is 0 Å². The van der Waals surface area contributed by atoms with Crippen molar-refractivity contribution in [3.05, 3.63) is 24.3 Å². The summed E-state index contributed by atoms with van der Waals surface area (Å²) in [7, 11) is 0. The largest absolute Gasteiger partial charge is 0.399 e. The number of benzene rings is 1. The first kappa shape index (κ1) is 13.3. The second kappa shape index (κ2) is 6.19. The smallest absolute Gasteiger partial charge is 0.261 e. The normalized spacial score (nSPS) is 11.1. The van der Waals surface area contributed by atoms with Gasteiger partial charge in [-0.1, -0.05) is 0 Å². The van der Waals surface area contributed by atoms with Crippen molar-refractivity contribution in [1.29, 1.82) is 0 Å². The first-order chi connectivity index (χ1) is 9.16. The molecule has 0 fully saturated rings. The Kier molecular flexibility index (Phi) is 4.35. The number of rotatable bonds is 6. The SMILES string of the molecule is Nc1ccc(-c2nnnn2CCOCC(F)F)cc1. The molecular formula is C11H13F2N5O. The number of anilines is 1. The van der Waals surface area contributed by atoms with Gasteiger partial charge in [0.05, 0.1) is 13.2 Å². The van der Waals surface area contributed by atoms with E-state index in [0.29, 0.717) is 18.1 Å². The number of hydrogen-bond acceptors (Lipinski definition) is 5. The number of alkyl halides is 2. The summed E-state index contributed by atoms with van der Waals surface area (Å²) < 4.78 is 30.1. The van der Waals surface area contributed by atoms with Crippen LogP contribution in [0.25, 0.3) is 11.4 Å². The van der Waals surface area contributed by atoms with Gasteiger partial charge in [-0.05, 0) is 34.7 Å². The molecule has 19 heavy (non-hydrogen) atoms. The second-order valence-electron chi connectivity index (χ2n) is 3.81. The Balaban J connectivity index is 1.99. The maximum Gasteiger partial charge on any atom is 0.261 e. The van der Waals surface area contributed by atoms with E-state index < -0.39 is 13.0 Å². The number of tetrazole rings is 1. The highest BCUT2D eigenvalue weighted by atomic mass is 19.3. The molecule has 2 aromatic rings. The van der Waals surface area contributed by atoms with Crippen molar-refractivity contribution in [2.24, 2.45) is 0 Å². The molecule has 0 unspecified atom stereocenters. The van der Waals surface area contributed by atoms with Gasteiger partial charge < -0.3 is 10.5 Å². The minimum Gasteiger partial charge on any atom is -0.399 e. The van der Waals surface area contributed by atoms with Crippen molar-refractivity contribution in [1.82, 2.24) is 20.2 Å². The van der Waals surface area contributed by atoms with Gasteiger partial charge in [-0.25, -0.2) is 13.5 Å². The van der Waals surface area contributed by atoms with Crippen LogP contribution in [0.2, 0.25) is 0 Å². The number of ether oxygens (including phenoxy) is 1. The molecule has 0 aliphatic heterocycles. The van der Waals surface area contributed by atoms with E-state index in [1.54, 1.807) is 24.3 Å². The van der Waals surface area contributed by atoms with Gasteiger partial charge in [0.1, 0.15) is 6.61 Å². The van der Waals surface area contributed by atoms with E-state index in [0.717, 1.165) is 5.56 Å². The van der Waals surface area contributed by atoms with Crippen molar-refractivity contribution in [2.75, 3.05) is 18.9 Å². The van der Waals surface area contributed by atoms with Crippen molar-refractivity contribution >= 4 is 5.69 Å². The van der Waals surface area contributed by atoms with Gasteiger partial charge in [-0.15, -0.1) is 5.10 Å².